The van der Waals surface area contributed by atoms with Crippen molar-refractivity contribution in [3.05, 3.63) is 29.8 Å². The van der Waals surface area contributed by atoms with E-state index in [0.717, 1.165) is 4.90 Å². The van der Waals surface area contributed by atoms with Gasteiger partial charge >= 0.3 is 6.03 Å². The van der Waals surface area contributed by atoms with E-state index in [2.05, 4.69) is 47.2 Å². The number of aliphatic imine (C=N–C) groups is 2. The lowest BCUT2D eigenvalue weighted by Crippen LogP contribution is -2.61. The van der Waals surface area contributed by atoms with Gasteiger partial charge in [-0.25, -0.2) is 4.79 Å². The first-order chi connectivity index (χ1) is 35.5. The number of primary amides is 1. The SMILES string of the molecule is CCC[C@@H]1NC(=O)[C@H](CCCN=C(N)N)NC(=O)CN(C(=O)[C@@H](N)CCCN=C(N)N)CCCCNC(=O)NCCN(CC(N)=O)C(=O)[C@H](CCC(C)C)NC(=O)[C@H](CN)NC(=O)[C@H](Cc2ccc(O)cc2)NC1=O. The smallest absolute Gasteiger partial charge is 0.314 e. The van der Waals surface area contributed by atoms with Crippen LogP contribution in [0.15, 0.2) is 34.3 Å². The molecule has 0 spiro atoms. The second kappa shape index (κ2) is 34.1. The van der Waals surface area contributed by atoms with Crippen LogP contribution in [-0.2, 0) is 44.8 Å². The first kappa shape index (κ1) is 63.6. The maximum Gasteiger partial charge on any atom is 0.314 e. The lowest BCUT2D eigenvalue weighted by molar-refractivity contribution is -0.139. The van der Waals surface area contributed by atoms with Crippen molar-refractivity contribution in [3.63, 3.8) is 0 Å². The molecule has 6 atom stereocenters. The molecule has 420 valence electrons. The molecule has 10 amide bonds. The minimum atomic E-state index is -1.46. The van der Waals surface area contributed by atoms with Crippen molar-refractivity contribution in [1.82, 2.24) is 47.0 Å². The molecule has 0 aliphatic carbocycles. The number of phenolic OH excluding ortho intramolecular Hbond substituents is 1. The lowest BCUT2D eigenvalue weighted by Gasteiger charge is -2.29. The highest BCUT2D eigenvalue weighted by Gasteiger charge is 2.34. The highest BCUT2D eigenvalue weighted by molar-refractivity contribution is 5.97. The Balaban J connectivity index is 2.66. The van der Waals surface area contributed by atoms with E-state index in [1.54, 1.807) is 6.92 Å². The van der Waals surface area contributed by atoms with E-state index < -0.39 is 109 Å². The summed E-state index contributed by atoms with van der Waals surface area (Å²) in [6.07, 6.45) is 2.06. The Morgan fingerprint density at radius 3 is 1.85 bits per heavy atom. The fourth-order valence-electron chi connectivity index (χ4n) is 7.71. The van der Waals surface area contributed by atoms with Gasteiger partial charge < -0.3 is 92.3 Å². The van der Waals surface area contributed by atoms with Gasteiger partial charge in [0.2, 0.25) is 47.3 Å². The van der Waals surface area contributed by atoms with Crippen LogP contribution in [-0.4, -0.2) is 175 Å². The van der Waals surface area contributed by atoms with Gasteiger partial charge in [0.25, 0.3) is 0 Å². The van der Waals surface area contributed by atoms with Crippen LogP contribution in [0, 0.1) is 5.92 Å². The molecule has 1 saturated heterocycles. The van der Waals surface area contributed by atoms with Crippen LogP contribution >= 0.6 is 0 Å². The monoisotopic (exact) mass is 1060 g/mol. The number of hydrogen-bond donors (Lipinski definition) is 15. The Hall–Kier alpha value is -7.49. The van der Waals surface area contributed by atoms with E-state index >= 15 is 0 Å². The Morgan fingerprint density at radius 1 is 0.693 bits per heavy atom. The van der Waals surface area contributed by atoms with Crippen molar-refractivity contribution < 1.29 is 48.3 Å². The summed E-state index contributed by atoms with van der Waals surface area (Å²) in [5, 5.41) is 28.6. The number of hydrogen-bond acceptors (Lipinski definition) is 14. The quantitative estimate of drug-likeness (QED) is 0.0351. The van der Waals surface area contributed by atoms with Gasteiger partial charge in [-0.05, 0) is 81.4 Å². The summed E-state index contributed by atoms with van der Waals surface area (Å²) in [6.45, 7) is 4.05. The third-order valence-corrected chi connectivity index (χ3v) is 11.7. The molecule has 1 aromatic rings. The zero-order valence-electron chi connectivity index (χ0n) is 43.4. The van der Waals surface area contributed by atoms with Gasteiger partial charge in [-0.3, -0.25) is 48.3 Å². The number of carbonyl (C=O) groups excluding carboxylic acids is 9. The summed E-state index contributed by atoms with van der Waals surface area (Å²) in [7, 11) is 0. The van der Waals surface area contributed by atoms with Crippen LogP contribution < -0.4 is 77.4 Å². The highest BCUT2D eigenvalue weighted by atomic mass is 16.3. The van der Waals surface area contributed by atoms with Crippen LogP contribution in [0.3, 0.4) is 0 Å². The Morgan fingerprint density at radius 2 is 1.25 bits per heavy atom. The van der Waals surface area contributed by atoms with E-state index in [4.69, 9.17) is 40.1 Å². The summed E-state index contributed by atoms with van der Waals surface area (Å²) in [5.74, 6) is -6.55. The van der Waals surface area contributed by atoms with Gasteiger partial charge in [0.15, 0.2) is 11.9 Å². The summed E-state index contributed by atoms with van der Waals surface area (Å²) in [6, 6.07) is -2.59. The van der Waals surface area contributed by atoms with Gasteiger partial charge in [-0.1, -0.05) is 39.3 Å². The molecule has 28 nitrogen and oxygen atoms in total. The molecular weight excluding hydrogens is 977 g/mol. The maximum atomic E-state index is 14.3. The van der Waals surface area contributed by atoms with Crippen molar-refractivity contribution in [2.24, 2.45) is 56.0 Å². The average molecular weight is 1060 g/mol. The molecule has 0 unspecified atom stereocenters. The second-order valence-corrected chi connectivity index (χ2v) is 18.6. The minimum absolute atomic E-state index is 0.000864. The second-order valence-electron chi connectivity index (χ2n) is 18.6. The van der Waals surface area contributed by atoms with E-state index in [-0.39, 0.29) is 108 Å². The molecule has 0 aromatic heterocycles. The topological polar surface area (TPSA) is 471 Å². The molecule has 75 heavy (non-hydrogen) atoms. The minimum Gasteiger partial charge on any atom is -0.508 e. The third-order valence-electron chi connectivity index (χ3n) is 11.7. The molecule has 1 heterocycles. The maximum absolute atomic E-state index is 14.3. The fraction of sp³-hybridized carbons (Fsp3) is 0.638. The first-order valence-electron chi connectivity index (χ1n) is 25.3. The predicted octanol–water partition coefficient (Wildman–Crippen LogP) is -4.78. The molecule has 0 bridgehead atoms. The van der Waals surface area contributed by atoms with Gasteiger partial charge in [0.05, 0.1) is 19.1 Å². The van der Waals surface area contributed by atoms with Crippen LogP contribution in [0.5, 0.6) is 5.75 Å². The zero-order chi connectivity index (χ0) is 56.0. The summed E-state index contributed by atoms with van der Waals surface area (Å²) >= 11 is 0. The number of amides is 10. The number of phenols is 1. The number of nitrogens with two attached hydrogens (primary N) is 7. The van der Waals surface area contributed by atoms with Gasteiger partial charge in [0.1, 0.15) is 36.0 Å². The van der Waals surface area contributed by atoms with Crippen LogP contribution in [0.25, 0.3) is 0 Å². The molecule has 1 aromatic carbocycles. The molecule has 22 N–H and O–H groups in total. The van der Waals surface area contributed by atoms with Crippen molar-refractivity contribution in [1.29, 1.82) is 0 Å². The largest absolute Gasteiger partial charge is 0.508 e. The van der Waals surface area contributed by atoms with Gasteiger partial charge in [-0.15, -0.1) is 0 Å². The Kier molecular flexibility index (Phi) is 28.9. The first-order valence-corrected chi connectivity index (χ1v) is 25.3. The molecule has 28 heteroatoms. The number of aromatic hydroxyl groups is 1. The Bertz CT molecular complexity index is 2100. The Labute approximate surface area is 437 Å². The van der Waals surface area contributed by atoms with E-state index in [9.17, 15) is 48.3 Å². The van der Waals surface area contributed by atoms with Crippen LogP contribution in [0.1, 0.15) is 90.5 Å². The number of rotatable bonds is 19. The normalized spacial score (nSPS) is 21.1. The third kappa shape index (κ3) is 25.3. The summed E-state index contributed by atoms with van der Waals surface area (Å²) < 4.78 is 0. The molecule has 1 aliphatic heterocycles. The molecule has 1 fully saturated rings. The van der Waals surface area contributed by atoms with Gasteiger partial charge in [-0.2, -0.15) is 0 Å². The number of urea groups is 1. The van der Waals surface area contributed by atoms with Crippen LogP contribution in [0.4, 0.5) is 4.79 Å². The molecule has 0 radical (unpaired) electrons. The standard InChI is InChI=1S/C47H82N18O10/c1-4-9-32-39(69)62-35(24-29-13-15-30(66)16-14-29)41(71)63-36(25-48)42(72)61-34(17-12-28(2)3)44(74)65(26-37(50)67)23-21-58-47(75)57-18-5-6-22-64(43(73)31(49)10-7-19-55-45(51)52)27-38(68)59-33(40(70)60-32)11-8-20-56-46(53)54/h13-16,28,31-36,66H,4-12,17-27,48-49H2,1-3H3,(H2,50,67)(H,59,68)(H,60,70)(H,61,72)(H,62,69)(H,63,71)(H4,51,52,55)(H4,53,54,56)(H2,57,58,75)/t31-,32-,33-,34-,35-,36-/m0/s1. The predicted molar refractivity (Wildman–Crippen MR) is 280 cm³/mol. The zero-order valence-corrected chi connectivity index (χ0v) is 43.4. The van der Waals surface area contributed by atoms with Crippen molar-refractivity contribution in [2.45, 2.75) is 128 Å². The van der Waals surface area contributed by atoms with E-state index in [1.165, 1.54) is 29.2 Å². The summed E-state index contributed by atoms with van der Waals surface area (Å²) in [4.78, 5) is 134. The number of nitrogens with one attached hydrogen (secondary N) is 7. The molecular formula is C47H82N18O10. The van der Waals surface area contributed by atoms with Crippen molar-refractivity contribution in [2.75, 3.05) is 58.9 Å². The van der Waals surface area contributed by atoms with E-state index in [0.29, 0.717) is 31.2 Å². The lowest BCUT2D eigenvalue weighted by atomic mass is 10.0. The summed E-state index contributed by atoms with van der Waals surface area (Å²) in [5.41, 5.74) is 40.2. The van der Waals surface area contributed by atoms with Gasteiger partial charge in [0, 0.05) is 52.2 Å². The fourth-order valence-corrected chi connectivity index (χ4v) is 7.71. The molecule has 1 aliphatic rings. The van der Waals surface area contributed by atoms with Crippen molar-refractivity contribution in [3.8, 4) is 5.75 Å². The molecule has 2 rings (SSSR count). The number of benzene rings is 1. The van der Waals surface area contributed by atoms with Crippen molar-refractivity contribution >= 4 is 65.2 Å². The average Bonchev–Trinajstić information content (AvgIpc) is 3.34. The number of carbonyl (C=O) groups is 9. The highest BCUT2D eigenvalue weighted by Crippen LogP contribution is 2.14. The van der Waals surface area contributed by atoms with Crippen LogP contribution in [0.2, 0.25) is 0 Å². The number of nitrogens with zero attached hydrogens (tertiary/aromatic N) is 4. The van der Waals surface area contributed by atoms with E-state index in [1.807, 2.05) is 13.8 Å². The molecule has 0 saturated carbocycles. The number of guanidine groups is 2.